The maximum Gasteiger partial charge on any atom is 0.280 e. The van der Waals surface area contributed by atoms with Crippen LogP contribution < -0.4 is 26.4 Å². The van der Waals surface area contributed by atoms with Gasteiger partial charge in [-0.1, -0.05) is 29.8 Å². The molecule has 0 radical (unpaired) electrons. The summed E-state index contributed by atoms with van der Waals surface area (Å²) in [4.78, 5) is 21.4. The van der Waals surface area contributed by atoms with Gasteiger partial charge in [-0.25, -0.2) is 9.98 Å². The highest BCUT2D eigenvalue weighted by Gasteiger charge is 2.49. The Bertz CT molecular complexity index is 973. The van der Waals surface area contributed by atoms with Crippen molar-refractivity contribution >= 4 is 40.8 Å². The van der Waals surface area contributed by atoms with Crippen LogP contribution in [0.15, 0.2) is 52.4 Å². The number of halogens is 1. The summed E-state index contributed by atoms with van der Waals surface area (Å²) in [5, 5.41) is 9.19. The fraction of sp³-hybridized carbons (Fsp3) is 0.118. The molecule has 1 unspecified atom stereocenters. The summed E-state index contributed by atoms with van der Waals surface area (Å²) < 4.78 is 5.32. The number of benzene rings is 2. The molecule has 2 heterocycles. The normalized spacial score (nSPS) is 20.6. The third-order valence-corrected chi connectivity index (χ3v) is 4.32. The monoisotopic (exact) mass is 370 g/mol. The summed E-state index contributed by atoms with van der Waals surface area (Å²) in [5.74, 6) is 0.506. The minimum Gasteiger partial charge on any atom is -0.495 e. The lowest BCUT2D eigenvalue weighted by molar-refractivity contribution is -0.120. The number of rotatable bonds is 2. The number of guanidine groups is 2. The first-order valence-electron chi connectivity index (χ1n) is 7.75. The minimum absolute atomic E-state index is 0.0651. The largest absolute Gasteiger partial charge is 0.495 e. The lowest BCUT2D eigenvalue weighted by Gasteiger charge is -2.26. The zero-order chi connectivity index (χ0) is 18.3. The van der Waals surface area contributed by atoms with Gasteiger partial charge in [-0.05, 0) is 24.3 Å². The fourth-order valence-electron chi connectivity index (χ4n) is 2.95. The van der Waals surface area contributed by atoms with Crippen LogP contribution in [0.5, 0.6) is 5.75 Å². The topological polar surface area (TPSA) is 113 Å². The van der Waals surface area contributed by atoms with E-state index in [1.165, 1.54) is 0 Å². The molecule has 9 heteroatoms. The summed E-state index contributed by atoms with van der Waals surface area (Å²) >= 11 is 6.06. The number of nitrogens with one attached hydrogen (secondary N) is 3. The Balaban J connectivity index is 1.78. The number of ether oxygens (including phenoxy) is 1. The first kappa shape index (κ1) is 16.2. The lowest BCUT2D eigenvalue weighted by atomic mass is 10.0. The van der Waals surface area contributed by atoms with E-state index in [9.17, 15) is 4.79 Å². The van der Waals surface area contributed by atoms with Gasteiger partial charge in [0.15, 0.2) is 5.96 Å². The summed E-state index contributed by atoms with van der Waals surface area (Å²) in [6, 6.07) is 12.3. The summed E-state index contributed by atoms with van der Waals surface area (Å²) in [6.07, 6.45) is 0. The molecule has 2 aliphatic heterocycles. The van der Waals surface area contributed by atoms with Gasteiger partial charge in [0.2, 0.25) is 5.96 Å². The number of nitrogens with two attached hydrogens (primary N) is 1. The van der Waals surface area contributed by atoms with E-state index in [-0.39, 0.29) is 17.8 Å². The van der Waals surface area contributed by atoms with Gasteiger partial charge in [0.25, 0.3) is 11.6 Å². The highest BCUT2D eigenvalue weighted by Crippen LogP contribution is 2.41. The number of para-hydroxylation sites is 1. The van der Waals surface area contributed by atoms with Crippen molar-refractivity contribution in [3.8, 4) is 5.75 Å². The van der Waals surface area contributed by atoms with E-state index in [1.54, 1.807) is 37.4 Å². The highest BCUT2D eigenvalue weighted by molar-refractivity contribution is 6.31. The van der Waals surface area contributed by atoms with Crippen LogP contribution in [0.1, 0.15) is 5.56 Å². The van der Waals surface area contributed by atoms with Crippen LogP contribution in [0.25, 0.3) is 0 Å². The second-order valence-electron chi connectivity index (χ2n) is 5.72. The molecule has 4 rings (SSSR count). The summed E-state index contributed by atoms with van der Waals surface area (Å²) in [6.45, 7) is 0. The number of carbonyl (C=O) groups excluding carboxylic acids is 1. The average molecular weight is 371 g/mol. The van der Waals surface area contributed by atoms with Crippen molar-refractivity contribution in [2.45, 2.75) is 5.66 Å². The van der Waals surface area contributed by atoms with E-state index >= 15 is 0 Å². The van der Waals surface area contributed by atoms with E-state index in [2.05, 4.69) is 25.9 Å². The van der Waals surface area contributed by atoms with E-state index in [0.717, 1.165) is 0 Å². The number of anilines is 2. The molecule has 0 bridgehead atoms. The molecule has 0 aromatic heterocycles. The van der Waals surface area contributed by atoms with Crippen LogP contribution in [0.3, 0.4) is 0 Å². The number of hydrogen-bond acceptors (Lipinski definition) is 7. The van der Waals surface area contributed by atoms with Gasteiger partial charge in [0.1, 0.15) is 5.75 Å². The molecule has 0 saturated heterocycles. The van der Waals surface area contributed by atoms with Crippen LogP contribution >= 0.6 is 11.6 Å². The van der Waals surface area contributed by atoms with Crippen molar-refractivity contribution in [2.24, 2.45) is 15.7 Å². The predicted octanol–water partition coefficient (Wildman–Crippen LogP) is 1.84. The third kappa shape index (κ3) is 2.51. The molecular weight excluding hydrogens is 356 g/mol. The van der Waals surface area contributed by atoms with Gasteiger partial charge in [-0.3, -0.25) is 10.1 Å². The Labute approximate surface area is 154 Å². The molecule has 0 fully saturated rings. The zero-order valence-corrected chi connectivity index (χ0v) is 14.5. The molecule has 1 spiro atoms. The maximum absolute atomic E-state index is 12.6. The van der Waals surface area contributed by atoms with Crippen LogP contribution in [0.2, 0.25) is 5.02 Å². The number of aliphatic imine (C=N–C) groups is 2. The molecule has 26 heavy (non-hydrogen) atoms. The van der Waals surface area contributed by atoms with Crippen molar-refractivity contribution < 1.29 is 9.53 Å². The summed E-state index contributed by atoms with van der Waals surface area (Å²) in [7, 11) is 1.54. The molecule has 1 amide bonds. The van der Waals surface area contributed by atoms with Crippen LogP contribution in [-0.4, -0.2) is 24.9 Å². The SMILES string of the molecule is COc1ccc(Cl)cc1NC1=NC2(N=C(N)N1)C(=O)Nc1ccccc12. The van der Waals surface area contributed by atoms with Gasteiger partial charge >= 0.3 is 0 Å². The van der Waals surface area contributed by atoms with E-state index in [4.69, 9.17) is 22.1 Å². The van der Waals surface area contributed by atoms with Crippen LogP contribution in [0.4, 0.5) is 11.4 Å². The molecule has 0 saturated carbocycles. The fourth-order valence-corrected chi connectivity index (χ4v) is 3.12. The quantitative estimate of drug-likeness (QED) is 0.644. The van der Waals surface area contributed by atoms with Gasteiger partial charge in [-0.15, -0.1) is 0 Å². The third-order valence-electron chi connectivity index (χ3n) is 4.08. The number of amides is 1. The first-order valence-corrected chi connectivity index (χ1v) is 8.13. The summed E-state index contributed by atoms with van der Waals surface area (Å²) in [5.41, 5.74) is 6.32. The number of nitrogens with zero attached hydrogens (tertiary/aromatic N) is 2. The molecule has 2 aliphatic rings. The van der Waals surface area contributed by atoms with Crippen molar-refractivity contribution in [3.05, 3.63) is 53.1 Å². The number of hydrogen-bond donors (Lipinski definition) is 4. The van der Waals surface area contributed by atoms with Gasteiger partial charge in [0.05, 0.1) is 12.8 Å². The molecule has 132 valence electrons. The zero-order valence-electron chi connectivity index (χ0n) is 13.7. The van der Waals surface area contributed by atoms with E-state index in [1.807, 2.05) is 12.1 Å². The highest BCUT2D eigenvalue weighted by atomic mass is 35.5. The van der Waals surface area contributed by atoms with Crippen LogP contribution in [0, 0.1) is 0 Å². The molecule has 5 N–H and O–H groups in total. The Morgan fingerprint density at radius 3 is 2.81 bits per heavy atom. The Morgan fingerprint density at radius 1 is 1.19 bits per heavy atom. The Hall–Kier alpha value is -3.26. The standard InChI is InChI=1S/C17H15ClN6O2/c1-26-13-7-6-9(18)8-12(13)21-16-22-15(19)23-17(24-16)10-4-2-3-5-11(10)20-14(17)25/h2-8H,1H3,(H,20,25)(H4,19,21,22,23,24). The molecule has 2 aromatic carbocycles. The molecule has 1 atom stereocenters. The Kier molecular flexibility index (Phi) is 3.69. The second kappa shape index (κ2) is 5.92. The molecule has 8 nitrogen and oxygen atoms in total. The Morgan fingerprint density at radius 2 is 2.00 bits per heavy atom. The average Bonchev–Trinajstić information content (AvgIpc) is 2.86. The van der Waals surface area contributed by atoms with Crippen molar-refractivity contribution in [3.63, 3.8) is 0 Å². The van der Waals surface area contributed by atoms with E-state index in [0.29, 0.717) is 27.7 Å². The predicted molar refractivity (Wildman–Crippen MR) is 101 cm³/mol. The number of carbonyl (C=O) groups is 1. The number of fused-ring (bicyclic) bond motifs is 2. The number of methoxy groups -OCH3 is 1. The van der Waals surface area contributed by atoms with Gasteiger partial charge in [0, 0.05) is 16.3 Å². The van der Waals surface area contributed by atoms with Crippen LogP contribution in [-0.2, 0) is 10.5 Å². The molecular formula is C17H15ClN6O2. The molecule has 0 aliphatic carbocycles. The van der Waals surface area contributed by atoms with E-state index < -0.39 is 5.66 Å². The second-order valence-corrected chi connectivity index (χ2v) is 6.16. The van der Waals surface area contributed by atoms with Crippen molar-refractivity contribution in [2.75, 3.05) is 17.7 Å². The minimum atomic E-state index is -1.47. The smallest absolute Gasteiger partial charge is 0.280 e. The van der Waals surface area contributed by atoms with Gasteiger partial charge in [-0.2, -0.15) is 0 Å². The van der Waals surface area contributed by atoms with Crippen molar-refractivity contribution in [1.82, 2.24) is 5.32 Å². The first-order chi connectivity index (χ1) is 12.5. The molecule has 2 aromatic rings. The maximum atomic E-state index is 12.6. The van der Waals surface area contributed by atoms with Crippen molar-refractivity contribution in [1.29, 1.82) is 0 Å². The van der Waals surface area contributed by atoms with Gasteiger partial charge < -0.3 is 21.1 Å². The lowest BCUT2D eigenvalue weighted by Crippen LogP contribution is -2.49.